The van der Waals surface area contributed by atoms with Gasteiger partial charge in [-0.1, -0.05) is 11.6 Å². The summed E-state index contributed by atoms with van der Waals surface area (Å²) in [5.41, 5.74) is -0.485. The highest BCUT2D eigenvalue weighted by molar-refractivity contribution is 6.30. The fourth-order valence-corrected chi connectivity index (χ4v) is 0.887. The average Bonchev–Trinajstić information content (AvgIpc) is 1.86. The van der Waals surface area contributed by atoms with Crippen molar-refractivity contribution in [3.8, 4) is 0 Å². The molecule has 1 rings (SSSR count). The van der Waals surface area contributed by atoms with E-state index in [0.29, 0.717) is 0 Å². The van der Waals surface area contributed by atoms with Gasteiger partial charge in [0.25, 0.3) is 5.92 Å². The molecule has 0 saturated carbocycles. The summed E-state index contributed by atoms with van der Waals surface area (Å²) >= 11 is 5.36. The van der Waals surface area contributed by atoms with E-state index in [2.05, 4.69) is 9.97 Å². The molecule has 0 saturated heterocycles. The molecule has 1 aromatic heterocycles. The monoisotopic (exact) mass is 178 g/mol. The van der Waals surface area contributed by atoms with Crippen molar-refractivity contribution in [3.63, 3.8) is 0 Å². The highest BCUT2D eigenvalue weighted by Gasteiger charge is 2.29. The summed E-state index contributed by atoms with van der Waals surface area (Å²) in [7, 11) is 0. The van der Waals surface area contributed by atoms with Gasteiger partial charge in [0.15, 0.2) is 5.15 Å². The second kappa shape index (κ2) is 2.70. The standard InChI is InChI=1S/C6H5ClF2N2/c1-6(8,9)4-5(7)11-3-2-10-4/h2-3H,1H3. The van der Waals surface area contributed by atoms with Crippen molar-refractivity contribution in [2.24, 2.45) is 0 Å². The Labute approximate surface area is 67.2 Å². The zero-order valence-corrected chi connectivity index (χ0v) is 6.44. The molecule has 0 atom stereocenters. The molecule has 0 bridgehead atoms. The maximum atomic E-state index is 12.5. The van der Waals surface area contributed by atoms with Gasteiger partial charge in [-0.2, -0.15) is 8.78 Å². The van der Waals surface area contributed by atoms with E-state index in [-0.39, 0.29) is 5.15 Å². The second-order valence-electron chi connectivity index (χ2n) is 2.08. The van der Waals surface area contributed by atoms with Crippen LogP contribution in [0, 0.1) is 0 Å². The number of hydrogen-bond acceptors (Lipinski definition) is 2. The van der Waals surface area contributed by atoms with Crippen LogP contribution in [0.15, 0.2) is 12.4 Å². The molecule has 0 radical (unpaired) electrons. The molecule has 60 valence electrons. The smallest absolute Gasteiger partial charge is 0.250 e. The highest BCUT2D eigenvalue weighted by Crippen LogP contribution is 2.28. The molecule has 0 spiro atoms. The molecule has 1 heterocycles. The van der Waals surface area contributed by atoms with Gasteiger partial charge in [-0.25, -0.2) is 4.98 Å². The molecule has 0 aromatic carbocycles. The number of rotatable bonds is 1. The molecular weight excluding hydrogens is 174 g/mol. The van der Waals surface area contributed by atoms with Gasteiger partial charge in [-0.15, -0.1) is 0 Å². The van der Waals surface area contributed by atoms with Crippen molar-refractivity contribution in [1.82, 2.24) is 9.97 Å². The lowest BCUT2D eigenvalue weighted by molar-refractivity contribution is 0.0125. The van der Waals surface area contributed by atoms with Crippen molar-refractivity contribution < 1.29 is 8.78 Å². The largest absolute Gasteiger partial charge is 0.290 e. The molecule has 0 aliphatic heterocycles. The van der Waals surface area contributed by atoms with Crippen LogP contribution in [0.2, 0.25) is 5.15 Å². The number of aromatic nitrogens is 2. The third kappa shape index (κ3) is 1.83. The summed E-state index contributed by atoms with van der Waals surface area (Å²) in [4.78, 5) is 6.87. The van der Waals surface area contributed by atoms with E-state index in [0.717, 1.165) is 6.92 Å². The van der Waals surface area contributed by atoms with Gasteiger partial charge in [-0.05, 0) is 0 Å². The molecule has 0 fully saturated rings. The highest BCUT2D eigenvalue weighted by atomic mass is 35.5. The SMILES string of the molecule is CC(F)(F)c1nccnc1Cl. The number of nitrogens with zero attached hydrogens (tertiary/aromatic N) is 2. The van der Waals surface area contributed by atoms with Crippen LogP contribution < -0.4 is 0 Å². The van der Waals surface area contributed by atoms with E-state index >= 15 is 0 Å². The van der Waals surface area contributed by atoms with Gasteiger partial charge >= 0.3 is 0 Å². The topological polar surface area (TPSA) is 25.8 Å². The van der Waals surface area contributed by atoms with Gasteiger partial charge in [0, 0.05) is 19.3 Å². The summed E-state index contributed by atoms with van der Waals surface area (Å²) in [6, 6.07) is 0. The Hall–Kier alpha value is -0.770. The first-order valence-corrected chi connectivity index (χ1v) is 3.24. The molecule has 0 aliphatic rings. The predicted octanol–water partition coefficient (Wildman–Crippen LogP) is 2.24. The van der Waals surface area contributed by atoms with Crippen LogP contribution in [-0.2, 0) is 5.92 Å². The van der Waals surface area contributed by atoms with Gasteiger partial charge in [-0.3, -0.25) is 4.98 Å². The van der Waals surface area contributed by atoms with Crippen molar-refractivity contribution in [2.45, 2.75) is 12.8 Å². The first-order valence-electron chi connectivity index (χ1n) is 2.86. The Morgan fingerprint density at radius 2 is 1.91 bits per heavy atom. The third-order valence-electron chi connectivity index (χ3n) is 1.07. The van der Waals surface area contributed by atoms with E-state index in [1.807, 2.05) is 0 Å². The van der Waals surface area contributed by atoms with Crippen LogP contribution >= 0.6 is 11.6 Å². The fraction of sp³-hybridized carbons (Fsp3) is 0.333. The molecule has 0 N–H and O–H groups in total. The number of halogens is 3. The Morgan fingerprint density at radius 1 is 1.36 bits per heavy atom. The maximum absolute atomic E-state index is 12.5. The summed E-state index contributed by atoms with van der Waals surface area (Å²) < 4.78 is 25.1. The van der Waals surface area contributed by atoms with Crippen molar-refractivity contribution in [1.29, 1.82) is 0 Å². The molecule has 0 unspecified atom stereocenters. The zero-order valence-electron chi connectivity index (χ0n) is 5.68. The lowest BCUT2D eigenvalue weighted by atomic mass is 10.3. The summed E-state index contributed by atoms with van der Waals surface area (Å²) in [5, 5.41) is -0.250. The Balaban J connectivity index is 3.14. The molecule has 0 aliphatic carbocycles. The van der Waals surface area contributed by atoms with E-state index in [1.165, 1.54) is 12.4 Å². The van der Waals surface area contributed by atoms with Crippen LogP contribution in [0.1, 0.15) is 12.6 Å². The van der Waals surface area contributed by atoms with E-state index in [4.69, 9.17) is 11.6 Å². The number of alkyl halides is 2. The molecule has 5 heteroatoms. The van der Waals surface area contributed by atoms with Gasteiger partial charge in [0.2, 0.25) is 0 Å². The summed E-state index contributed by atoms with van der Waals surface area (Å²) in [5.74, 6) is -3.02. The van der Waals surface area contributed by atoms with Crippen molar-refractivity contribution >= 4 is 11.6 Å². The first-order chi connectivity index (χ1) is 5.02. The van der Waals surface area contributed by atoms with Gasteiger partial charge in [0.1, 0.15) is 5.69 Å². The van der Waals surface area contributed by atoms with E-state index in [9.17, 15) is 8.78 Å². The Kier molecular flexibility index (Phi) is 2.04. The molecule has 0 amide bonds. The maximum Gasteiger partial charge on any atom is 0.290 e. The van der Waals surface area contributed by atoms with Crippen LogP contribution in [0.3, 0.4) is 0 Å². The third-order valence-corrected chi connectivity index (χ3v) is 1.35. The Morgan fingerprint density at radius 3 is 2.27 bits per heavy atom. The zero-order chi connectivity index (χ0) is 8.48. The lowest BCUT2D eigenvalue weighted by Crippen LogP contribution is -2.10. The van der Waals surface area contributed by atoms with Gasteiger partial charge < -0.3 is 0 Å². The number of hydrogen-bond donors (Lipinski definition) is 0. The minimum atomic E-state index is -3.02. The van der Waals surface area contributed by atoms with Gasteiger partial charge in [0.05, 0.1) is 0 Å². The van der Waals surface area contributed by atoms with Crippen LogP contribution in [-0.4, -0.2) is 9.97 Å². The van der Waals surface area contributed by atoms with Crippen LogP contribution in [0.4, 0.5) is 8.78 Å². The van der Waals surface area contributed by atoms with E-state index < -0.39 is 11.6 Å². The minimum Gasteiger partial charge on any atom is -0.250 e. The molecule has 11 heavy (non-hydrogen) atoms. The molecular formula is C6H5ClF2N2. The molecule has 2 nitrogen and oxygen atoms in total. The minimum absolute atomic E-state index is 0.250. The van der Waals surface area contributed by atoms with E-state index in [1.54, 1.807) is 0 Å². The second-order valence-corrected chi connectivity index (χ2v) is 2.44. The van der Waals surface area contributed by atoms with Crippen molar-refractivity contribution in [3.05, 3.63) is 23.2 Å². The molecule has 1 aromatic rings. The fourth-order valence-electron chi connectivity index (χ4n) is 0.616. The van der Waals surface area contributed by atoms with Crippen LogP contribution in [0.5, 0.6) is 0 Å². The van der Waals surface area contributed by atoms with Crippen LogP contribution in [0.25, 0.3) is 0 Å². The summed E-state index contributed by atoms with van der Waals surface area (Å²) in [6.45, 7) is 0.725. The normalized spacial score (nSPS) is 11.6. The summed E-state index contributed by atoms with van der Waals surface area (Å²) in [6.07, 6.45) is 2.44. The van der Waals surface area contributed by atoms with Crippen molar-refractivity contribution in [2.75, 3.05) is 0 Å². The predicted molar refractivity (Wildman–Crippen MR) is 36.6 cm³/mol. The Bertz CT molecular complexity index is 259. The average molecular weight is 179 g/mol. The lowest BCUT2D eigenvalue weighted by Gasteiger charge is -2.08. The first kappa shape index (κ1) is 8.33. The quantitative estimate of drug-likeness (QED) is 0.659.